The molecule has 8 nitrogen and oxygen atoms in total. The van der Waals surface area contributed by atoms with Gasteiger partial charge in [0.15, 0.2) is 0 Å². The Kier molecular flexibility index (Phi) is 9.07. The Labute approximate surface area is 222 Å². The molecule has 0 saturated heterocycles. The molecule has 11 heteroatoms. The lowest BCUT2D eigenvalue weighted by molar-refractivity contribution is -0.141. The highest BCUT2D eigenvalue weighted by Crippen LogP contribution is 2.30. The first-order valence-corrected chi connectivity index (χ1v) is 11.5. The number of halogens is 3. The normalized spacial score (nSPS) is 11.9. The number of alkyl halides is 3. The zero-order chi connectivity index (χ0) is 28.6. The highest BCUT2D eigenvalue weighted by atomic mass is 19.4. The van der Waals surface area contributed by atoms with E-state index in [1.807, 2.05) is 19.9 Å². The molecule has 0 aliphatic heterocycles. The highest BCUT2D eigenvalue weighted by Gasteiger charge is 2.33. The van der Waals surface area contributed by atoms with Gasteiger partial charge in [-0.15, -0.1) is 0 Å². The van der Waals surface area contributed by atoms with E-state index in [1.165, 1.54) is 12.3 Å². The molecule has 0 fully saturated rings. The largest absolute Gasteiger partial charge is 0.433 e. The Balaban J connectivity index is 1.90. The molecule has 2 aromatic heterocycles. The van der Waals surface area contributed by atoms with Crippen LogP contribution in [0.2, 0.25) is 0 Å². The SMILES string of the molecule is C=N/C(=C\C(=C/C)c1cc(NC(=O)c2ccnc(C(F)(F)F)c2)ccc1C)c1ccnc(NC(=O)CC#N)c1. The van der Waals surface area contributed by atoms with Gasteiger partial charge >= 0.3 is 6.18 Å². The second kappa shape index (κ2) is 12.4. The fraction of sp³-hybridized carbons (Fsp3) is 0.143. The third-order valence-corrected chi connectivity index (χ3v) is 5.46. The number of allylic oxidation sites excluding steroid dienone is 3. The molecule has 1 aromatic carbocycles. The smallest absolute Gasteiger partial charge is 0.322 e. The lowest BCUT2D eigenvalue weighted by Gasteiger charge is -2.13. The summed E-state index contributed by atoms with van der Waals surface area (Å²) < 4.78 is 39.0. The Morgan fingerprint density at radius 1 is 1.08 bits per heavy atom. The first kappa shape index (κ1) is 28.5. The van der Waals surface area contributed by atoms with E-state index in [2.05, 4.69) is 32.3 Å². The number of nitrogens with one attached hydrogen (secondary N) is 2. The maximum absolute atomic E-state index is 13.0. The van der Waals surface area contributed by atoms with Gasteiger partial charge in [-0.3, -0.25) is 19.6 Å². The van der Waals surface area contributed by atoms with Crippen molar-refractivity contribution in [1.82, 2.24) is 9.97 Å². The van der Waals surface area contributed by atoms with Crippen LogP contribution < -0.4 is 10.6 Å². The molecule has 0 aliphatic rings. The first-order chi connectivity index (χ1) is 18.5. The van der Waals surface area contributed by atoms with Crippen LogP contribution in [0.25, 0.3) is 11.3 Å². The van der Waals surface area contributed by atoms with E-state index in [1.54, 1.807) is 42.5 Å². The van der Waals surface area contributed by atoms with Crippen LogP contribution in [0, 0.1) is 18.3 Å². The Hall–Kier alpha value is -5.11. The molecule has 3 aromatic rings. The molecule has 2 N–H and O–H groups in total. The number of aryl methyl sites for hydroxylation is 1. The van der Waals surface area contributed by atoms with Gasteiger partial charge in [-0.2, -0.15) is 18.4 Å². The van der Waals surface area contributed by atoms with Crippen molar-refractivity contribution >= 4 is 41.3 Å². The third kappa shape index (κ3) is 7.45. The van der Waals surface area contributed by atoms with Crippen molar-refractivity contribution in [3.63, 3.8) is 0 Å². The summed E-state index contributed by atoms with van der Waals surface area (Å²) in [7, 11) is 0. The van der Waals surface area contributed by atoms with Crippen molar-refractivity contribution in [2.24, 2.45) is 4.99 Å². The maximum atomic E-state index is 13.0. The number of rotatable bonds is 8. The van der Waals surface area contributed by atoms with Crippen LogP contribution in [0.15, 0.2) is 72.0 Å². The summed E-state index contributed by atoms with van der Waals surface area (Å²) >= 11 is 0. The number of hydrogen-bond donors (Lipinski definition) is 2. The number of aromatic nitrogens is 2. The van der Waals surface area contributed by atoms with Gasteiger partial charge in [-0.05, 0) is 79.7 Å². The molecule has 0 unspecified atom stereocenters. The van der Waals surface area contributed by atoms with Gasteiger partial charge in [-0.1, -0.05) is 12.1 Å². The summed E-state index contributed by atoms with van der Waals surface area (Å²) in [6, 6.07) is 12.1. The van der Waals surface area contributed by atoms with Crippen LogP contribution in [-0.4, -0.2) is 28.5 Å². The molecule has 198 valence electrons. The van der Waals surface area contributed by atoms with Gasteiger partial charge < -0.3 is 10.6 Å². The van der Waals surface area contributed by atoms with Crippen LogP contribution in [0.4, 0.5) is 24.7 Å². The standard InChI is InChI=1S/C28H23F3N6O2/c1-4-18(13-23(33-3)19-8-12-35-25(15-19)37-26(38)7-10-32)22-16-21(6-5-17(22)2)36-27(39)20-9-11-34-24(14-20)28(29,30)31/h4-6,8-9,11-16H,3,7H2,1-2H3,(H,36,39)(H,35,37,38)/b18-4+,23-13-. The zero-order valence-electron chi connectivity index (χ0n) is 21.0. The van der Waals surface area contributed by atoms with Gasteiger partial charge in [0.25, 0.3) is 5.91 Å². The van der Waals surface area contributed by atoms with E-state index in [0.717, 1.165) is 22.9 Å². The minimum Gasteiger partial charge on any atom is -0.322 e. The zero-order valence-corrected chi connectivity index (χ0v) is 21.0. The van der Waals surface area contributed by atoms with Gasteiger partial charge in [0.1, 0.15) is 17.9 Å². The molecular weight excluding hydrogens is 509 g/mol. The van der Waals surface area contributed by atoms with Crippen molar-refractivity contribution in [2.45, 2.75) is 26.4 Å². The molecule has 0 atom stereocenters. The van der Waals surface area contributed by atoms with Crippen LogP contribution in [0.3, 0.4) is 0 Å². The van der Waals surface area contributed by atoms with Gasteiger partial charge in [0.2, 0.25) is 5.91 Å². The Morgan fingerprint density at radius 2 is 1.79 bits per heavy atom. The molecule has 0 saturated carbocycles. The molecule has 39 heavy (non-hydrogen) atoms. The summed E-state index contributed by atoms with van der Waals surface area (Å²) in [5.41, 5.74) is 2.42. The fourth-order valence-electron chi connectivity index (χ4n) is 3.54. The summed E-state index contributed by atoms with van der Waals surface area (Å²) in [6.45, 7) is 7.32. The average molecular weight is 533 g/mol. The predicted molar refractivity (Wildman–Crippen MR) is 143 cm³/mol. The molecule has 0 aliphatic carbocycles. The third-order valence-electron chi connectivity index (χ3n) is 5.46. The number of nitriles is 1. The van der Waals surface area contributed by atoms with E-state index in [-0.39, 0.29) is 17.8 Å². The van der Waals surface area contributed by atoms with Crippen molar-refractivity contribution in [3.05, 3.63) is 95.0 Å². The first-order valence-electron chi connectivity index (χ1n) is 11.5. The van der Waals surface area contributed by atoms with Crippen LogP contribution in [0.1, 0.15) is 46.1 Å². The number of carbonyl (C=O) groups is 2. The van der Waals surface area contributed by atoms with Gasteiger partial charge in [-0.25, -0.2) is 4.98 Å². The molecule has 0 spiro atoms. The summed E-state index contributed by atoms with van der Waals surface area (Å²) in [4.78, 5) is 35.9. The maximum Gasteiger partial charge on any atom is 0.433 e. The molecule has 0 radical (unpaired) electrons. The Bertz CT molecular complexity index is 1520. The Morgan fingerprint density at radius 3 is 2.46 bits per heavy atom. The van der Waals surface area contributed by atoms with Gasteiger partial charge in [0.05, 0.1) is 11.8 Å². The second-order valence-electron chi connectivity index (χ2n) is 8.16. The number of benzene rings is 1. The van der Waals surface area contributed by atoms with E-state index < -0.39 is 23.7 Å². The fourth-order valence-corrected chi connectivity index (χ4v) is 3.54. The topological polar surface area (TPSA) is 120 Å². The highest BCUT2D eigenvalue weighted by molar-refractivity contribution is 6.04. The number of carbonyl (C=O) groups excluding carboxylic acids is 2. The number of aliphatic imine (C=N–C) groups is 1. The summed E-state index contributed by atoms with van der Waals surface area (Å²) in [5, 5.41) is 13.8. The number of pyridine rings is 2. The predicted octanol–water partition coefficient (Wildman–Crippen LogP) is 6.05. The number of amides is 2. The van der Waals surface area contributed by atoms with E-state index in [0.29, 0.717) is 23.0 Å². The van der Waals surface area contributed by atoms with E-state index >= 15 is 0 Å². The lowest BCUT2D eigenvalue weighted by Crippen LogP contribution is -2.15. The number of anilines is 2. The average Bonchev–Trinajstić information content (AvgIpc) is 2.90. The minimum absolute atomic E-state index is 0.181. The summed E-state index contributed by atoms with van der Waals surface area (Å²) in [6.07, 6.45) is 1.02. The monoisotopic (exact) mass is 532 g/mol. The molecule has 2 heterocycles. The van der Waals surface area contributed by atoms with Crippen LogP contribution in [-0.2, 0) is 11.0 Å². The van der Waals surface area contributed by atoms with Crippen molar-refractivity contribution in [2.75, 3.05) is 10.6 Å². The molecule has 2 amide bonds. The van der Waals surface area contributed by atoms with Crippen LogP contribution in [0.5, 0.6) is 0 Å². The molecule has 3 rings (SSSR count). The molecular formula is C28H23F3N6O2. The van der Waals surface area contributed by atoms with Crippen molar-refractivity contribution < 1.29 is 22.8 Å². The molecule has 0 bridgehead atoms. The summed E-state index contributed by atoms with van der Waals surface area (Å²) in [5.74, 6) is -0.967. The minimum atomic E-state index is -4.67. The quantitative estimate of drug-likeness (QED) is 0.270. The van der Waals surface area contributed by atoms with Crippen molar-refractivity contribution in [1.29, 1.82) is 5.26 Å². The lowest BCUT2D eigenvalue weighted by atomic mass is 9.97. The van der Waals surface area contributed by atoms with Crippen molar-refractivity contribution in [3.8, 4) is 6.07 Å². The van der Waals surface area contributed by atoms with Crippen LogP contribution >= 0.6 is 0 Å². The van der Waals surface area contributed by atoms with E-state index in [9.17, 15) is 22.8 Å². The van der Waals surface area contributed by atoms with Gasteiger partial charge in [0, 0.05) is 29.2 Å². The van der Waals surface area contributed by atoms with E-state index in [4.69, 9.17) is 5.26 Å². The number of nitrogens with zero attached hydrogens (tertiary/aromatic N) is 4. The second-order valence-corrected chi connectivity index (χ2v) is 8.16. The number of hydrogen-bond acceptors (Lipinski definition) is 6.